The van der Waals surface area contributed by atoms with Crippen LogP contribution in [-0.2, 0) is 27.6 Å². The van der Waals surface area contributed by atoms with E-state index in [4.69, 9.17) is 18.0 Å². The van der Waals surface area contributed by atoms with Crippen LogP contribution in [0.2, 0.25) is 54.4 Å². The number of nitrogens with one attached hydrogen (secondary N) is 1. The van der Waals surface area contributed by atoms with Gasteiger partial charge in [0.25, 0.3) is 5.91 Å². The van der Waals surface area contributed by atoms with Crippen molar-refractivity contribution in [3.05, 3.63) is 12.2 Å². The van der Waals surface area contributed by atoms with E-state index in [-0.39, 0.29) is 27.1 Å². The molecule has 0 unspecified atom stereocenters. The molecule has 72 heavy (non-hydrogen) atoms. The maximum absolute atomic E-state index is 14.5. The number of carbonyl (C=O) groups is 2. The van der Waals surface area contributed by atoms with Crippen LogP contribution in [0.15, 0.2) is 12.2 Å². The highest BCUT2D eigenvalue weighted by Gasteiger charge is 2.43. The van der Waals surface area contributed by atoms with Gasteiger partial charge in [-0.05, 0) is 73.7 Å². The Morgan fingerprint density at radius 3 is 1.10 bits per heavy atom. The van der Waals surface area contributed by atoms with E-state index in [2.05, 4.69) is 133 Å². The molecule has 0 rings (SSSR count). The normalized spacial score (nSPS) is 15.0. The van der Waals surface area contributed by atoms with Crippen molar-refractivity contribution in [2.24, 2.45) is 0 Å². The Bertz CT molecular complexity index is 1380. The summed E-state index contributed by atoms with van der Waals surface area (Å²) in [5, 5.41) is 3.40. The van der Waals surface area contributed by atoms with Crippen molar-refractivity contribution in [2.45, 2.75) is 367 Å². The third-order valence-corrected chi connectivity index (χ3v) is 30.4. The van der Waals surface area contributed by atoms with E-state index in [1.54, 1.807) is 0 Å². The Hall–Kier alpha value is -0.789. The number of ether oxygens (including phenoxy) is 1. The van der Waals surface area contributed by atoms with Gasteiger partial charge in [0.15, 0.2) is 31.1 Å². The Morgan fingerprint density at radius 1 is 0.444 bits per heavy atom. The summed E-state index contributed by atoms with van der Waals surface area (Å²) in [5.74, 6) is -0.688. The lowest BCUT2D eigenvalue weighted by Crippen LogP contribution is -2.56. The summed E-state index contributed by atoms with van der Waals surface area (Å²) in [7, 11) is -6.73. The van der Waals surface area contributed by atoms with Gasteiger partial charge in [0, 0.05) is 6.92 Å². The summed E-state index contributed by atoms with van der Waals surface area (Å²) in [6, 6.07) is -0.490. The van der Waals surface area contributed by atoms with E-state index in [9.17, 15) is 9.59 Å². The smallest absolute Gasteiger partial charge is 0.303 e. The van der Waals surface area contributed by atoms with Gasteiger partial charge in [-0.25, -0.2) is 0 Å². The summed E-state index contributed by atoms with van der Waals surface area (Å²) in [6.07, 6.45) is 43.9. The first kappa shape index (κ1) is 71.2. The first-order valence-corrected chi connectivity index (χ1v) is 39.5. The van der Waals surface area contributed by atoms with E-state index in [1.807, 2.05) is 0 Å². The summed E-state index contributed by atoms with van der Waals surface area (Å²) in [4.78, 5) is 27.1. The minimum absolute atomic E-state index is 0.0171. The molecule has 0 aliphatic carbocycles. The van der Waals surface area contributed by atoms with Crippen LogP contribution in [0.1, 0.15) is 289 Å². The molecule has 0 heterocycles. The van der Waals surface area contributed by atoms with E-state index < -0.39 is 49.2 Å². The fraction of sp³-hybridized carbons (Fsp3) is 0.935. The second kappa shape index (κ2) is 38.7. The molecule has 0 spiro atoms. The molecule has 0 bridgehead atoms. The largest absolute Gasteiger partial charge is 0.452 e. The van der Waals surface area contributed by atoms with Crippen LogP contribution in [0.4, 0.5) is 0 Å². The number of rotatable bonds is 45. The Balaban J connectivity index is 6.02. The van der Waals surface area contributed by atoms with Crippen molar-refractivity contribution >= 4 is 36.8 Å². The van der Waals surface area contributed by atoms with Crippen LogP contribution in [-0.4, -0.2) is 67.8 Å². The van der Waals surface area contributed by atoms with Crippen LogP contribution >= 0.6 is 0 Å². The van der Waals surface area contributed by atoms with Crippen molar-refractivity contribution in [1.29, 1.82) is 0 Å². The van der Waals surface area contributed by atoms with Crippen molar-refractivity contribution in [3.8, 4) is 0 Å². The second-order valence-electron chi connectivity index (χ2n) is 26.9. The van der Waals surface area contributed by atoms with Gasteiger partial charge in [-0.2, -0.15) is 0 Å². The summed E-state index contributed by atoms with van der Waals surface area (Å²) < 4.78 is 27.4. The highest BCUT2D eigenvalue weighted by molar-refractivity contribution is 6.75. The second-order valence-corrected chi connectivity index (χ2v) is 41.2. The minimum atomic E-state index is -2.37. The average Bonchev–Trinajstić information content (AvgIpc) is 3.27. The van der Waals surface area contributed by atoms with Gasteiger partial charge >= 0.3 is 5.97 Å². The summed E-state index contributed by atoms with van der Waals surface area (Å²) in [6.45, 7) is 40.6. The van der Waals surface area contributed by atoms with E-state index in [1.165, 1.54) is 174 Å². The molecule has 0 aromatic rings. The number of hydrogen-bond donors (Lipinski definition) is 1. The van der Waals surface area contributed by atoms with Crippen LogP contribution < -0.4 is 5.32 Å². The zero-order valence-corrected chi connectivity index (χ0v) is 54.7. The number of carbonyl (C=O) groups excluding carboxylic acids is 2. The molecule has 0 aliphatic rings. The van der Waals surface area contributed by atoms with Crippen molar-refractivity contribution < 1.29 is 27.6 Å². The molecule has 0 aromatic heterocycles. The van der Waals surface area contributed by atoms with Gasteiger partial charge in [-0.15, -0.1) is 0 Å². The van der Waals surface area contributed by atoms with Crippen LogP contribution in [0.25, 0.3) is 0 Å². The fourth-order valence-corrected chi connectivity index (χ4v) is 12.2. The van der Waals surface area contributed by atoms with E-state index in [0.717, 1.165) is 32.1 Å². The van der Waals surface area contributed by atoms with Gasteiger partial charge < -0.3 is 23.3 Å². The fourth-order valence-electron chi connectivity index (χ4n) is 8.63. The third kappa shape index (κ3) is 34.1. The van der Waals surface area contributed by atoms with Crippen molar-refractivity contribution in [3.63, 3.8) is 0 Å². The first-order chi connectivity index (χ1) is 33.6. The van der Waals surface area contributed by atoms with Crippen molar-refractivity contribution in [1.82, 2.24) is 5.32 Å². The zero-order valence-electron chi connectivity index (χ0n) is 51.7. The number of unbranched alkanes of at least 4 members (excludes halogenated alkanes) is 28. The SMILES string of the molecule is CCCCCCCCCCCCCCCCCCCCCC[C@H](OC(C)=O)C(=O)N[C@@H](CO[Si](C)(C)C(C)(C)C)[C@@H](/C=C/[C@@H](CCCCCCCCCCCC)O[Si](C)(C)C(C)(C)C)O[Si](C)(C)C(C)(C)C. The molecule has 7 nitrogen and oxygen atoms in total. The highest BCUT2D eigenvalue weighted by Crippen LogP contribution is 2.40. The number of hydrogen-bond acceptors (Lipinski definition) is 6. The van der Waals surface area contributed by atoms with Crippen molar-refractivity contribution in [2.75, 3.05) is 6.61 Å². The molecule has 0 radical (unpaired) electrons. The molecule has 1 N–H and O–H groups in total. The van der Waals surface area contributed by atoms with E-state index in [0.29, 0.717) is 13.0 Å². The molecule has 0 fully saturated rings. The molecule has 10 heteroatoms. The third-order valence-electron chi connectivity index (χ3n) is 16.9. The Kier molecular flexibility index (Phi) is 38.3. The molecular weight excluding hydrogens is 939 g/mol. The van der Waals surface area contributed by atoms with Crippen LogP contribution in [0, 0.1) is 0 Å². The lowest BCUT2D eigenvalue weighted by atomic mass is 10.0. The molecule has 0 saturated carbocycles. The number of amides is 1. The molecule has 0 aliphatic heterocycles. The van der Waals surface area contributed by atoms with Gasteiger partial charge in [0.2, 0.25) is 0 Å². The average molecular weight is 1070 g/mol. The molecule has 428 valence electrons. The Labute approximate surface area is 453 Å². The maximum atomic E-state index is 14.5. The first-order valence-electron chi connectivity index (χ1n) is 30.8. The molecule has 1 amide bonds. The molecule has 0 aromatic carbocycles. The topological polar surface area (TPSA) is 83.1 Å². The lowest BCUT2D eigenvalue weighted by Gasteiger charge is -2.42. The monoisotopic (exact) mass is 1070 g/mol. The lowest BCUT2D eigenvalue weighted by molar-refractivity contribution is -0.154. The predicted octanol–water partition coefficient (Wildman–Crippen LogP) is 20.3. The van der Waals surface area contributed by atoms with Crippen LogP contribution in [0.5, 0.6) is 0 Å². The molecule has 4 atom stereocenters. The van der Waals surface area contributed by atoms with Gasteiger partial charge in [0.05, 0.1) is 24.9 Å². The summed E-state index contributed by atoms with van der Waals surface area (Å²) >= 11 is 0. The molecular formula is C62H127NO6Si3. The van der Waals surface area contributed by atoms with E-state index >= 15 is 0 Å². The molecule has 0 saturated heterocycles. The van der Waals surface area contributed by atoms with Gasteiger partial charge in [-0.1, -0.05) is 275 Å². The number of esters is 1. The summed E-state index contributed by atoms with van der Waals surface area (Å²) in [5.41, 5.74) is 0. The van der Waals surface area contributed by atoms with Crippen LogP contribution in [0.3, 0.4) is 0 Å². The minimum Gasteiger partial charge on any atom is -0.452 e. The highest BCUT2D eigenvalue weighted by atomic mass is 28.4. The zero-order chi connectivity index (χ0) is 54.7. The predicted molar refractivity (Wildman–Crippen MR) is 323 cm³/mol. The van der Waals surface area contributed by atoms with Gasteiger partial charge in [0.1, 0.15) is 0 Å². The van der Waals surface area contributed by atoms with Gasteiger partial charge in [-0.3, -0.25) is 9.59 Å². The maximum Gasteiger partial charge on any atom is 0.303 e. The quantitative estimate of drug-likeness (QED) is 0.0283. The Morgan fingerprint density at radius 2 is 0.764 bits per heavy atom. The standard InChI is InChI=1S/C62H127NO6Si3/c1-19-21-23-25-27-29-31-32-33-34-35-36-37-38-39-40-42-44-46-48-50-58(67-54(3)64)59(65)63-56(53-66-70(13,14)60(4,5)6)57(69-72(17,18)62(10,11)12)52-51-55(68-71(15,16)61(7,8)9)49-47-45-43-41-30-28-26-24-22-20-2/h51-52,55-58H,19-50,53H2,1-18H3,(H,63,65)/b52-51+/t55-,56+,57-,58+/m1/s1.